The lowest BCUT2D eigenvalue weighted by Gasteiger charge is -2.35. The molecular formula is C59H43N3. The van der Waals surface area contributed by atoms with Crippen LogP contribution in [-0.4, -0.2) is 15.0 Å². The van der Waals surface area contributed by atoms with E-state index in [2.05, 4.69) is 232 Å². The van der Waals surface area contributed by atoms with Crippen LogP contribution in [-0.2, 0) is 5.41 Å². The van der Waals surface area contributed by atoms with Gasteiger partial charge in [-0.1, -0.05) is 213 Å². The summed E-state index contributed by atoms with van der Waals surface area (Å²) in [6.07, 6.45) is 13.3. The second-order valence-corrected chi connectivity index (χ2v) is 16.2. The highest BCUT2D eigenvalue weighted by atomic mass is 15.0. The lowest BCUT2D eigenvalue weighted by atomic mass is 9.66. The monoisotopic (exact) mass is 793 g/mol. The van der Waals surface area contributed by atoms with E-state index in [-0.39, 0.29) is 5.92 Å². The molecule has 0 radical (unpaired) electrons. The van der Waals surface area contributed by atoms with Crippen molar-refractivity contribution in [2.45, 2.75) is 19.3 Å². The molecule has 0 bridgehead atoms. The van der Waals surface area contributed by atoms with Crippen LogP contribution in [0.15, 0.2) is 230 Å². The molecule has 11 rings (SSSR count). The number of benzene rings is 7. The summed E-state index contributed by atoms with van der Waals surface area (Å²) < 4.78 is 0. The molecule has 1 atom stereocenters. The highest BCUT2D eigenvalue weighted by Crippen LogP contribution is 2.65. The highest BCUT2D eigenvalue weighted by molar-refractivity contribution is 6.03. The molecule has 62 heavy (non-hydrogen) atoms. The van der Waals surface area contributed by atoms with Crippen molar-refractivity contribution >= 4 is 11.1 Å². The van der Waals surface area contributed by atoms with Crippen molar-refractivity contribution < 1.29 is 0 Å². The van der Waals surface area contributed by atoms with Crippen LogP contribution in [0.4, 0.5) is 0 Å². The third-order valence-electron chi connectivity index (χ3n) is 12.7. The molecule has 0 amide bonds. The average Bonchev–Trinajstić information content (AvgIpc) is 3.80. The van der Waals surface area contributed by atoms with Gasteiger partial charge < -0.3 is 0 Å². The molecule has 1 spiro atoms. The Balaban J connectivity index is 1.20. The fraction of sp³-hybridized carbons (Fsp3) is 0.0678. The summed E-state index contributed by atoms with van der Waals surface area (Å²) in [5, 5.41) is 0. The zero-order chi connectivity index (χ0) is 41.6. The summed E-state index contributed by atoms with van der Waals surface area (Å²) in [4.78, 5) is 16.2. The SMILES string of the molecule is C\C=C/C=C1/C(=C2\C(c3nc(-c4cccc(-c5ccccc5)c4)nc(-c4cccc(-c5ccccc5)c4)n3)=CC=CC2C)C2(c3ccccc31)c1ccccc1-c1ccccc12. The van der Waals surface area contributed by atoms with E-state index in [1.165, 1.54) is 50.1 Å². The fourth-order valence-corrected chi connectivity index (χ4v) is 10.0. The molecule has 1 unspecified atom stereocenters. The van der Waals surface area contributed by atoms with Crippen LogP contribution in [0, 0.1) is 5.92 Å². The molecular weight excluding hydrogens is 751 g/mol. The fourth-order valence-electron chi connectivity index (χ4n) is 10.0. The molecule has 0 fully saturated rings. The molecule has 3 heteroatoms. The van der Waals surface area contributed by atoms with Crippen LogP contribution in [0.3, 0.4) is 0 Å². The van der Waals surface area contributed by atoms with Crippen molar-refractivity contribution in [2.24, 2.45) is 5.92 Å². The number of aromatic nitrogens is 3. The summed E-state index contributed by atoms with van der Waals surface area (Å²) in [7, 11) is 0. The van der Waals surface area contributed by atoms with E-state index in [1.807, 2.05) is 0 Å². The molecule has 1 heterocycles. The quantitative estimate of drug-likeness (QED) is 0.168. The van der Waals surface area contributed by atoms with Gasteiger partial charge in [-0.3, -0.25) is 0 Å². The Morgan fingerprint density at radius 3 is 1.47 bits per heavy atom. The van der Waals surface area contributed by atoms with Crippen molar-refractivity contribution in [3.05, 3.63) is 258 Å². The third-order valence-corrected chi connectivity index (χ3v) is 12.7. The first-order valence-electron chi connectivity index (χ1n) is 21.5. The van der Waals surface area contributed by atoms with Crippen LogP contribution in [0.1, 0.15) is 41.9 Å². The van der Waals surface area contributed by atoms with Crippen molar-refractivity contribution in [3.63, 3.8) is 0 Å². The van der Waals surface area contributed by atoms with Crippen LogP contribution in [0.5, 0.6) is 0 Å². The summed E-state index contributed by atoms with van der Waals surface area (Å²) >= 11 is 0. The summed E-state index contributed by atoms with van der Waals surface area (Å²) in [5.74, 6) is 1.95. The number of rotatable bonds is 6. The first-order valence-corrected chi connectivity index (χ1v) is 21.5. The predicted octanol–water partition coefficient (Wildman–Crippen LogP) is 14.4. The molecule has 3 nitrogen and oxygen atoms in total. The van der Waals surface area contributed by atoms with Crippen molar-refractivity contribution in [1.82, 2.24) is 15.0 Å². The van der Waals surface area contributed by atoms with Gasteiger partial charge in [0, 0.05) is 22.6 Å². The molecule has 0 N–H and O–H groups in total. The molecule has 8 aromatic rings. The number of hydrogen-bond donors (Lipinski definition) is 0. The van der Waals surface area contributed by atoms with Crippen LogP contribution in [0.25, 0.3) is 67.3 Å². The number of allylic oxidation sites excluding steroid dienone is 10. The normalized spacial score (nSPS) is 17.6. The Kier molecular flexibility index (Phi) is 9.24. The van der Waals surface area contributed by atoms with Gasteiger partial charge in [-0.05, 0) is 91.4 Å². The minimum absolute atomic E-state index is 0.0385. The maximum atomic E-state index is 5.47. The molecule has 0 saturated heterocycles. The zero-order valence-electron chi connectivity index (χ0n) is 34.7. The molecule has 3 aliphatic rings. The maximum absolute atomic E-state index is 5.47. The Morgan fingerprint density at radius 2 is 0.919 bits per heavy atom. The van der Waals surface area contributed by atoms with E-state index < -0.39 is 5.41 Å². The smallest absolute Gasteiger partial charge is 0.164 e. The molecule has 3 aliphatic carbocycles. The first kappa shape index (κ1) is 37.3. The topological polar surface area (TPSA) is 38.7 Å². The van der Waals surface area contributed by atoms with Crippen molar-refractivity contribution in [3.8, 4) is 56.2 Å². The van der Waals surface area contributed by atoms with Crippen LogP contribution < -0.4 is 0 Å². The Bertz CT molecular complexity index is 3050. The predicted molar refractivity (Wildman–Crippen MR) is 256 cm³/mol. The van der Waals surface area contributed by atoms with E-state index in [9.17, 15) is 0 Å². The van der Waals surface area contributed by atoms with E-state index >= 15 is 0 Å². The second kappa shape index (κ2) is 15.4. The highest BCUT2D eigenvalue weighted by Gasteiger charge is 2.54. The van der Waals surface area contributed by atoms with Gasteiger partial charge in [0.05, 0.1) is 5.41 Å². The third kappa shape index (κ3) is 6.00. The van der Waals surface area contributed by atoms with E-state index in [1.54, 1.807) is 0 Å². The number of nitrogens with zero attached hydrogens (tertiary/aromatic N) is 3. The molecule has 0 saturated carbocycles. The lowest BCUT2D eigenvalue weighted by Crippen LogP contribution is -2.28. The molecule has 7 aromatic carbocycles. The van der Waals surface area contributed by atoms with Gasteiger partial charge in [0.25, 0.3) is 0 Å². The van der Waals surface area contributed by atoms with Gasteiger partial charge >= 0.3 is 0 Å². The van der Waals surface area contributed by atoms with Crippen molar-refractivity contribution in [2.75, 3.05) is 0 Å². The molecule has 294 valence electrons. The molecule has 0 aliphatic heterocycles. The Labute approximate surface area is 363 Å². The van der Waals surface area contributed by atoms with Gasteiger partial charge in [0.1, 0.15) is 0 Å². The lowest BCUT2D eigenvalue weighted by molar-refractivity contribution is 0.759. The van der Waals surface area contributed by atoms with Crippen LogP contribution >= 0.6 is 0 Å². The number of hydrogen-bond acceptors (Lipinski definition) is 3. The average molecular weight is 794 g/mol. The van der Waals surface area contributed by atoms with E-state index in [0.29, 0.717) is 17.5 Å². The maximum Gasteiger partial charge on any atom is 0.164 e. The zero-order valence-corrected chi connectivity index (χ0v) is 34.7. The minimum Gasteiger partial charge on any atom is -0.208 e. The minimum atomic E-state index is -0.572. The van der Waals surface area contributed by atoms with Gasteiger partial charge in [-0.15, -0.1) is 0 Å². The number of fused-ring (bicyclic) bond motifs is 7. The standard InChI is InChI=1S/C59H43N3/c1-3-4-29-49-48-32-13-16-36-53(48)59(51-34-14-11-30-46(51)47-31-12-15-35-52(47)59)55(49)54-39(2)20-17-33-50(54)58-61-56(44-27-18-25-42(37-44)40-21-7-5-8-22-40)60-57(62-58)45-28-19-26-43(38-45)41-23-9-6-10-24-41/h3-39H,1-2H3/b4-3-,49-29+,55-54+. The van der Waals surface area contributed by atoms with Gasteiger partial charge in [0.15, 0.2) is 17.5 Å². The van der Waals surface area contributed by atoms with Crippen molar-refractivity contribution in [1.29, 1.82) is 0 Å². The largest absolute Gasteiger partial charge is 0.208 e. The Hall–Kier alpha value is -7.75. The van der Waals surface area contributed by atoms with Crippen LogP contribution in [0.2, 0.25) is 0 Å². The summed E-state index contributed by atoms with van der Waals surface area (Å²) in [6.45, 7) is 4.41. The summed E-state index contributed by atoms with van der Waals surface area (Å²) in [6, 6.07) is 65.1. The van der Waals surface area contributed by atoms with E-state index in [4.69, 9.17) is 15.0 Å². The first-order chi connectivity index (χ1) is 30.6. The van der Waals surface area contributed by atoms with Gasteiger partial charge in [-0.25, -0.2) is 15.0 Å². The Morgan fingerprint density at radius 1 is 0.468 bits per heavy atom. The van der Waals surface area contributed by atoms with E-state index in [0.717, 1.165) is 39.0 Å². The van der Waals surface area contributed by atoms with Gasteiger partial charge in [0.2, 0.25) is 0 Å². The van der Waals surface area contributed by atoms with Gasteiger partial charge in [-0.2, -0.15) is 0 Å². The summed E-state index contributed by atoms with van der Waals surface area (Å²) in [5.41, 5.74) is 18.2. The second-order valence-electron chi connectivity index (χ2n) is 16.2. The molecule has 1 aromatic heterocycles.